The van der Waals surface area contributed by atoms with Crippen LogP contribution in [-0.2, 0) is 0 Å². The number of rotatable bonds is 5. The van der Waals surface area contributed by atoms with E-state index in [2.05, 4.69) is 0 Å². The van der Waals surface area contributed by atoms with Gasteiger partial charge in [-0.3, -0.25) is 9.59 Å². The van der Waals surface area contributed by atoms with E-state index in [0.717, 1.165) is 6.07 Å². The largest absolute Gasteiger partial charge is 0.508 e. The third-order valence-corrected chi connectivity index (χ3v) is 7.29. The van der Waals surface area contributed by atoms with Crippen molar-refractivity contribution < 1.29 is 44.2 Å². The molecule has 9 nitrogen and oxygen atoms in total. The van der Waals surface area contributed by atoms with Crippen molar-refractivity contribution >= 4 is 11.6 Å². The van der Waals surface area contributed by atoms with Gasteiger partial charge in [-0.25, -0.2) is 0 Å². The average molecular weight is 541 g/mol. The molecule has 3 atom stereocenters. The smallest absolute Gasteiger partial charge is 0.178 e. The van der Waals surface area contributed by atoms with E-state index < -0.39 is 35.4 Å². The monoisotopic (exact) mass is 540 g/mol. The fraction of sp³-hybridized carbons (Fsp3) is 0.161. The lowest BCUT2D eigenvalue weighted by Crippen LogP contribution is -2.22. The Morgan fingerprint density at radius 3 is 2.17 bits per heavy atom. The predicted molar refractivity (Wildman–Crippen MR) is 142 cm³/mol. The molecule has 4 aromatic rings. The number of benzene rings is 4. The lowest BCUT2D eigenvalue weighted by molar-refractivity contribution is 0.0842. The number of ketones is 2. The van der Waals surface area contributed by atoms with E-state index in [-0.39, 0.29) is 51.9 Å². The Morgan fingerprint density at radius 2 is 1.50 bits per heavy atom. The van der Waals surface area contributed by atoms with Gasteiger partial charge in [0.15, 0.2) is 11.6 Å². The SMILES string of the molecule is COc1ccc([C@@H]2Oc3cc4c(c(O)c3[C@H]2C(=O)c2ccc(O)cc2O)C(=O)C[C@@H](c2ccc(O)cc2)O4)cc1. The van der Waals surface area contributed by atoms with E-state index in [4.69, 9.17) is 14.2 Å². The lowest BCUT2D eigenvalue weighted by atomic mass is 9.82. The fourth-order valence-corrected chi connectivity index (χ4v) is 5.31. The molecule has 0 bridgehead atoms. The molecular weight excluding hydrogens is 516 g/mol. The number of carbonyl (C=O) groups is 2. The first-order valence-corrected chi connectivity index (χ1v) is 12.5. The molecule has 0 saturated heterocycles. The maximum atomic E-state index is 13.9. The van der Waals surface area contributed by atoms with Crippen molar-refractivity contribution in [2.24, 2.45) is 0 Å². The van der Waals surface area contributed by atoms with E-state index in [0.29, 0.717) is 16.9 Å². The summed E-state index contributed by atoms with van der Waals surface area (Å²) >= 11 is 0. The van der Waals surface area contributed by atoms with Gasteiger partial charge < -0.3 is 34.6 Å². The van der Waals surface area contributed by atoms with Crippen molar-refractivity contribution in [3.8, 4) is 40.2 Å². The third kappa shape index (κ3) is 4.12. The van der Waals surface area contributed by atoms with Gasteiger partial charge in [-0.05, 0) is 47.5 Å². The van der Waals surface area contributed by atoms with Crippen molar-refractivity contribution in [1.29, 1.82) is 0 Å². The maximum Gasteiger partial charge on any atom is 0.178 e. The van der Waals surface area contributed by atoms with Crippen molar-refractivity contribution in [2.75, 3.05) is 7.11 Å². The number of phenols is 4. The summed E-state index contributed by atoms with van der Waals surface area (Å²) in [4.78, 5) is 27.2. The van der Waals surface area contributed by atoms with Crippen LogP contribution >= 0.6 is 0 Å². The molecule has 2 heterocycles. The maximum absolute atomic E-state index is 13.9. The molecule has 0 unspecified atom stereocenters. The number of Topliss-reactive ketones (excluding diaryl/α,β-unsaturated/α-hetero) is 2. The summed E-state index contributed by atoms with van der Waals surface area (Å²) in [6, 6.07) is 18.3. The number of phenolic OH excluding ortho intramolecular Hbond substituents is 4. The minimum absolute atomic E-state index is 0.0551. The molecule has 0 aromatic heterocycles. The lowest BCUT2D eigenvalue weighted by Gasteiger charge is -2.27. The van der Waals surface area contributed by atoms with Gasteiger partial charge in [0.2, 0.25) is 0 Å². The van der Waals surface area contributed by atoms with Crippen LogP contribution in [0.5, 0.6) is 40.2 Å². The topological polar surface area (TPSA) is 143 Å². The molecule has 202 valence electrons. The molecule has 0 radical (unpaired) electrons. The van der Waals surface area contributed by atoms with Gasteiger partial charge in [0, 0.05) is 12.1 Å². The second-order valence-corrected chi connectivity index (χ2v) is 9.69. The van der Waals surface area contributed by atoms with Crippen LogP contribution in [0, 0.1) is 0 Å². The van der Waals surface area contributed by atoms with Gasteiger partial charge in [0.05, 0.1) is 30.6 Å². The Kier molecular flexibility index (Phi) is 5.99. The summed E-state index contributed by atoms with van der Waals surface area (Å²) in [5, 5.41) is 41.3. The summed E-state index contributed by atoms with van der Waals surface area (Å²) in [7, 11) is 1.53. The summed E-state index contributed by atoms with van der Waals surface area (Å²) in [5.74, 6) is -2.21. The van der Waals surface area contributed by atoms with E-state index in [1.54, 1.807) is 36.4 Å². The Bertz CT molecular complexity index is 1640. The Labute approximate surface area is 228 Å². The van der Waals surface area contributed by atoms with Crippen molar-refractivity contribution in [2.45, 2.75) is 24.5 Å². The average Bonchev–Trinajstić information content (AvgIpc) is 3.32. The number of ether oxygens (including phenoxy) is 3. The minimum Gasteiger partial charge on any atom is -0.508 e. The van der Waals surface area contributed by atoms with Gasteiger partial charge in [-0.1, -0.05) is 24.3 Å². The fourth-order valence-electron chi connectivity index (χ4n) is 5.31. The normalized spacial score (nSPS) is 19.2. The molecule has 0 fully saturated rings. The number of fused-ring (bicyclic) bond motifs is 2. The number of aromatic hydroxyl groups is 4. The second-order valence-electron chi connectivity index (χ2n) is 9.69. The van der Waals surface area contributed by atoms with Crippen LogP contribution in [0.4, 0.5) is 0 Å². The van der Waals surface area contributed by atoms with E-state index in [1.165, 1.54) is 37.4 Å². The predicted octanol–water partition coefficient (Wildman–Crippen LogP) is 5.32. The molecule has 4 N–H and O–H groups in total. The van der Waals surface area contributed by atoms with Crippen molar-refractivity contribution in [3.63, 3.8) is 0 Å². The van der Waals surface area contributed by atoms with Gasteiger partial charge >= 0.3 is 0 Å². The molecule has 9 heteroatoms. The molecular formula is C31H24O9. The number of hydrogen-bond donors (Lipinski definition) is 4. The van der Waals surface area contributed by atoms with Crippen LogP contribution in [0.15, 0.2) is 72.8 Å². The van der Waals surface area contributed by atoms with Crippen LogP contribution in [0.25, 0.3) is 0 Å². The third-order valence-electron chi connectivity index (χ3n) is 7.29. The molecule has 4 aromatic carbocycles. The first-order chi connectivity index (χ1) is 19.2. The first kappa shape index (κ1) is 25.1. The van der Waals surface area contributed by atoms with E-state index in [1.807, 2.05) is 0 Å². The summed E-state index contributed by atoms with van der Waals surface area (Å²) in [6.07, 6.45) is -1.63. The van der Waals surface area contributed by atoms with Gasteiger partial charge in [-0.15, -0.1) is 0 Å². The summed E-state index contributed by atoms with van der Waals surface area (Å²) < 4.78 is 17.6. The van der Waals surface area contributed by atoms with Gasteiger partial charge in [-0.2, -0.15) is 0 Å². The van der Waals surface area contributed by atoms with E-state index in [9.17, 15) is 30.0 Å². The van der Waals surface area contributed by atoms with Gasteiger partial charge in [0.1, 0.15) is 58.0 Å². The second kappa shape index (κ2) is 9.53. The molecule has 0 aliphatic carbocycles. The summed E-state index contributed by atoms with van der Waals surface area (Å²) in [5.41, 5.74) is 1.24. The van der Waals surface area contributed by atoms with Crippen molar-refractivity contribution in [3.05, 3.63) is 101 Å². The van der Waals surface area contributed by atoms with Crippen LogP contribution in [0.1, 0.15) is 62.0 Å². The van der Waals surface area contributed by atoms with Crippen LogP contribution in [-0.4, -0.2) is 39.1 Å². The Hall–Kier alpha value is -5.18. The minimum atomic E-state index is -1.13. The standard InChI is InChI=1S/C31H24O9/c1-38-19-9-4-16(5-10-19)31-28(29(36)20-11-8-18(33)12-21(20)34)27-25(40-31)14-24-26(30(27)37)22(35)13-23(39-24)15-2-6-17(32)7-3-15/h2-12,14,23,28,31-34,37H,13H2,1H3/t23-,28-,31-/m0/s1. The molecule has 2 aliphatic heterocycles. The number of hydrogen-bond acceptors (Lipinski definition) is 9. The zero-order chi connectivity index (χ0) is 28.1. The van der Waals surface area contributed by atoms with Crippen LogP contribution in [0.2, 0.25) is 0 Å². The zero-order valence-electron chi connectivity index (χ0n) is 21.2. The highest BCUT2D eigenvalue weighted by Crippen LogP contribution is 2.56. The zero-order valence-corrected chi connectivity index (χ0v) is 21.2. The van der Waals surface area contributed by atoms with Gasteiger partial charge in [0.25, 0.3) is 0 Å². The van der Waals surface area contributed by atoms with E-state index >= 15 is 0 Å². The summed E-state index contributed by atoms with van der Waals surface area (Å²) in [6.45, 7) is 0. The molecule has 0 spiro atoms. The number of methoxy groups -OCH3 is 1. The molecule has 0 amide bonds. The highest BCUT2D eigenvalue weighted by atomic mass is 16.5. The molecule has 40 heavy (non-hydrogen) atoms. The Balaban J connectivity index is 1.46. The molecule has 0 saturated carbocycles. The quantitative estimate of drug-likeness (QED) is 0.247. The highest BCUT2D eigenvalue weighted by Gasteiger charge is 2.46. The number of carbonyl (C=O) groups excluding carboxylic acids is 2. The van der Waals surface area contributed by atoms with Crippen LogP contribution < -0.4 is 14.2 Å². The molecule has 2 aliphatic rings. The van der Waals surface area contributed by atoms with Crippen LogP contribution in [0.3, 0.4) is 0 Å². The highest BCUT2D eigenvalue weighted by molar-refractivity contribution is 6.07. The molecule has 6 rings (SSSR count). The Morgan fingerprint density at radius 1 is 0.825 bits per heavy atom. The van der Waals surface area contributed by atoms with Crippen molar-refractivity contribution in [1.82, 2.24) is 0 Å². The first-order valence-electron chi connectivity index (χ1n) is 12.5.